The summed E-state index contributed by atoms with van der Waals surface area (Å²) in [5.74, 6) is 0. The maximum Gasteiger partial charge on any atom is 0.115 e. The molecule has 0 bridgehead atoms. The van der Waals surface area contributed by atoms with Gasteiger partial charge in [0.25, 0.3) is 0 Å². The summed E-state index contributed by atoms with van der Waals surface area (Å²) < 4.78 is 5.10. The van der Waals surface area contributed by atoms with Gasteiger partial charge in [0.2, 0.25) is 0 Å². The molecule has 1 aliphatic heterocycles. The summed E-state index contributed by atoms with van der Waals surface area (Å²) in [7, 11) is 0. The third-order valence-corrected chi connectivity index (χ3v) is 1.63. The first-order chi connectivity index (χ1) is 4.88. The molecule has 1 unspecified atom stereocenters. The molecule has 1 atom stereocenters. The number of aromatic nitrogens is 2. The van der Waals surface area contributed by atoms with Gasteiger partial charge in [0.05, 0.1) is 6.61 Å². The molecule has 1 aromatic heterocycles. The zero-order valence-electron chi connectivity index (χ0n) is 5.74. The second-order valence-corrected chi connectivity index (χ2v) is 2.39. The minimum Gasteiger partial charge on any atom is -0.368 e. The number of ether oxygens (including phenoxy) is 1. The Morgan fingerprint density at radius 3 is 3.10 bits per heavy atom. The minimum atomic E-state index is 0.279. The van der Waals surface area contributed by atoms with Crippen molar-refractivity contribution in [2.45, 2.75) is 13.0 Å². The first kappa shape index (κ1) is 5.80. The number of hydrogen-bond donors (Lipinski definition) is 0. The molecule has 1 fully saturated rings. The van der Waals surface area contributed by atoms with Crippen molar-refractivity contribution in [2.24, 2.45) is 0 Å². The average Bonchev–Trinajstić information content (AvgIpc) is 2.71. The van der Waals surface area contributed by atoms with Gasteiger partial charge >= 0.3 is 0 Å². The fourth-order valence-electron chi connectivity index (χ4n) is 0.945. The van der Waals surface area contributed by atoms with Crippen LogP contribution in [0.4, 0.5) is 0 Å². The van der Waals surface area contributed by atoms with Gasteiger partial charge in [-0.05, 0) is 6.92 Å². The Kier molecular flexibility index (Phi) is 1.17. The fraction of sp³-hybridized carbons (Fsp3) is 0.429. The van der Waals surface area contributed by atoms with Gasteiger partial charge in [-0.25, -0.2) is 9.97 Å². The second kappa shape index (κ2) is 2.02. The van der Waals surface area contributed by atoms with Crippen molar-refractivity contribution in [3.63, 3.8) is 0 Å². The Hall–Kier alpha value is -0.960. The molecule has 0 radical (unpaired) electrons. The summed E-state index contributed by atoms with van der Waals surface area (Å²) in [5.41, 5.74) is 2.15. The van der Waals surface area contributed by atoms with Crippen LogP contribution in [0.25, 0.3) is 0 Å². The van der Waals surface area contributed by atoms with Crippen LogP contribution in [0.3, 0.4) is 0 Å². The Balaban J connectivity index is 2.39. The van der Waals surface area contributed by atoms with Crippen LogP contribution in [0, 0.1) is 6.92 Å². The van der Waals surface area contributed by atoms with E-state index < -0.39 is 0 Å². The third-order valence-electron chi connectivity index (χ3n) is 1.63. The van der Waals surface area contributed by atoms with E-state index in [9.17, 15) is 0 Å². The summed E-state index contributed by atoms with van der Waals surface area (Å²) in [6, 6.07) is 0. The monoisotopic (exact) mass is 136 g/mol. The van der Waals surface area contributed by atoms with Gasteiger partial charge in [0.15, 0.2) is 0 Å². The van der Waals surface area contributed by atoms with Gasteiger partial charge in [0.1, 0.15) is 12.4 Å². The molecule has 3 heteroatoms. The van der Waals surface area contributed by atoms with Crippen molar-refractivity contribution < 1.29 is 4.74 Å². The largest absolute Gasteiger partial charge is 0.368 e. The maximum atomic E-state index is 5.10. The standard InChI is InChI=1S/C7H8N2O/c1-5-6(7-3-10-7)2-8-4-9-5/h2,4,7H,3H2,1H3. The summed E-state index contributed by atoms with van der Waals surface area (Å²) in [6.45, 7) is 2.80. The summed E-state index contributed by atoms with van der Waals surface area (Å²) in [4.78, 5) is 7.96. The number of nitrogens with zero attached hydrogens (tertiary/aromatic N) is 2. The summed E-state index contributed by atoms with van der Waals surface area (Å²) in [5, 5.41) is 0. The average molecular weight is 136 g/mol. The first-order valence-electron chi connectivity index (χ1n) is 3.26. The lowest BCUT2D eigenvalue weighted by Gasteiger charge is -1.96. The highest BCUT2D eigenvalue weighted by Crippen LogP contribution is 2.30. The van der Waals surface area contributed by atoms with E-state index in [1.165, 1.54) is 0 Å². The van der Waals surface area contributed by atoms with Crippen LogP contribution in [-0.4, -0.2) is 16.6 Å². The van der Waals surface area contributed by atoms with E-state index in [-0.39, 0.29) is 6.10 Å². The van der Waals surface area contributed by atoms with E-state index in [1.807, 2.05) is 13.1 Å². The lowest BCUT2D eigenvalue weighted by molar-refractivity contribution is 0.414. The molecule has 52 valence electrons. The smallest absolute Gasteiger partial charge is 0.115 e. The molecule has 0 spiro atoms. The number of epoxide rings is 1. The zero-order valence-corrected chi connectivity index (χ0v) is 5.74. The van der Waals surface area contributed by atoms with Gasteiger partial charge < -0.3 is 4.74 Å². The third kappa shape index (κ3) is 0.885. The zero-order chi connectivity index (χ0) is 6.97. The van der Waals surface area contributed by atoms with Crippen LogP contribution in [0.2, 0.25) is 0 Å². The Bertz CT molecular complexity index is 245. The topological polar surface area (TPSA) is 38.3 Å². The van der Waals surface area contributed by atoms with E-state index >= 15 is 0 Å². The maximum absolute atomic E-state index is 5.10. The fourth-order valence-corrected chi connectivity index (χ4v) is 0.945. The normalized spacial score (nSPS) is 22.7. The van der Waals surface area contributed by atoms with E-state index in [0.29, 0.717) is 0 Å². The Labute approximate surface area is 59.1 Å². The van der Waals surface area contributed by atoms with E-state index in [4.69, 9.17) is 4.74 Å². The molecule has 0 N–H and O–H groups in total. The van der Waals surface area contributed by atoms with Crippen LogP contribution in [0.5, 0.6) is 0 Å². The van der Waals surface area contributed by atoms with Crippen molar-refractivity contribution >= 4 is 0 Å². The van der Waals surface area contributed by atoms with Crippen LogP contribution in [0.1, 0.15) is 17.4 Å². The van der Waals surface area contributed by atoms with Crippen molar-refractivity contribution in [2.75, 3.05) is 6.61 Å². The highest BCUT2D eigenvalue weighted by Gasteiger charge is 2.26. The van der Waals surface area contributed by atoms with Gasteiger partial charge in [-0.1, -0.05) is 0 Å². The molecule has 0 aromatic carbocycles. The predicted molar refractivity (Wildman–Crippen MR) is 35.5 cm³/mol. The van der Waals surface area contributed by atoms with Gasteiger partial charge in [-0.2, -0.15) is 0 Å². The SMILES string of the molecule is Cc1ncncc1C1CO1. The van der Waals surface area contributed by atoms with E-state index in [2.05, 4.69) is 9.97 Å². The highest BCUT2D eigenvalue weighted by molar-refractivity contribution is 5.20. The highest BCUT2D eigenvalue weighted by atomic mass is 16.6. The second-order valence-electron chi connectivity index (χ2n) is 2.39. The molecule has 0 saturated carbocycles. The summed E-state index contributed by atoms with van der Waals surface area (Å²) in [6.07, 6.45) is 3.66. The molecule has 10 heavy (non-hydrogen) atoms. The number of aryl methyl sites for hydroxylation is 1. The van der Waals surface area contributed by atoms with Crippen LogP contribution < -0.4 is 0 Å². The minimum absolute atomic E-state index is 0.279. The molecule has 3 nitrogen and oxygen atoms in total. The van der Waals surface area contributed by atoms with Crippen LogP contribution in [-0.2, 0) is 4.74 Å². The van der Waals surface area contributed by atoms with Gasteiger partial charge in [-0.3, -0.25) is 0 Å². The molecular formula is C7H8N2O. The molecular weight excluding hydrogens is 128 g/mol. The quantitative estimate of drug-likeness (QED) is 0.537. The van der Waals surface area contributed by atoms with E-state index in [0.717, 1.165) is 17.9 Å². The number of rotatable bonds is 1. The molecule has 0 aliphatic carbocycles. The first-order valence-corrected chi connectivity index (χ1v) is 3.26. The Morgan fingerprint density at radius 2 is 2.50 bits per heavy atom. The van der Waals surface area contributed by atoms with Crippen LogP contribution in [0.15, 0.2) is 12.5 Å². The van der Waals surface area contributed by atoms with Crippen molar-refractivity contribution in [1.29, 1.82) is 0 Å². The molecule has 1 aliphatic rings. The lowest BCUT2D eigenvalue weighted by Crippen LogP contribution is -1.91. The Morgan fingerprint density at radius 1 is 1.70 bits per heavy atom. The molecule has 1 saturated heterocycles. The van der Waals surface area contributed by atoms with Gasteiger partial charge in [0, 0.05) is 17.5 Å². The molecule has 2 rings (SSSR count). The van der Waals surface area contributed by atoms with Crippen molar-refractivity contribution in [3.05, 3.63) is 23.8 Å². The van der Waals surface area contributed by atoms with Crippen LogP contribution >= 0.6 is 0 Å². The predicted octanol–water partition coefficient (Wildman–Crippen LogP) is 0.856. The molecule has 1 aromatic rings. The van der Waals surface area contributed by atoms with Gasteiger partial charge in [-0.15, -0.1) is 0 Å². The summed E-state index contributed by atoms with van der Waals surface area (Å²) >= 11 is 0. The molecule has 2 heterocycles. The van der Waals surface area contributed by atoms with Crippen molar-refractivity contribution in [1.82, 2.24) is 9.97 Å². The van der Waals surface area contributed by atoms with Crippen molar-refractivity contribution in [3.8, 4) is 0 Å². The lowest BCUT2D eigenvalue weighted by atomic mass is 10.2. The molecule has 0 amide bonds. The number of hydrogen-bond acceptors (Lipinski definition) is 3. The van der Waals surface area contributed by atoms with E-state index in [1.54, 1.807) is 6.33 Å².